The number of rotatable bonds is 3. The quantitative estimate of drug-likeness (QED) is 0.652. The molecule has 27 heavy (non-hydrogen) atoms. The van der Waals surface area contributed by atoms with E-state index in [2.05, 4.69) is 4.99 Å². The molecule has 3 heterocycles. The third-order valence-electron chi connectivity index (χ3n) is 4.36. The number of aromatic nitrogens is 1. The van der Waals surface area contributed by atoms with Crippen LogP contribution in [-0.2, 0) is 9.53 Å². The van der Waals surface area contributed by atoms with Gasteiger partial charge < -0.3 is 9.15 Å². The fourth-order valence-corrected chi connectivity index (χ4v) is 4.17. The number of hydrogen-bond donors (Lipinski definition) is 0. The van der Waals surface area contributed by atoms with Crippen molar-refractivity contribution >= 4 is 23.4 Å². The van der Waals surface area contributed by atoms with Crippen molar-refractivity contribution in [1.29, 1.82) is 0 Å². The highest BCUT2D eigenvalue weighted by Gasteiger charge is 2.32. The molecular formula is C20H16N2O4S. The van der Waals surface area contributed by atoms with Crippen molar-refractivity contribution < 1.29 is 13.9 Å². The largest absolute Gasteiger partial charge is 0.466 e. The first-order chi connectivity index (χ1) is 13.1. The number of carbonyl (C=O) groups is 1. The summed E-state index contributed by atoms with van der Waals surface area (Å²) >= 11 is 1.27. The molecule has 3 aromatic rings. The molecule has 0 bridgehead atoms. The number of benzene rings is 1. The minimum Gasteiger partial charge on any atom is -0.466 e. The number of carbonyl (C=O) groups excluding carboxylic acids is 1. The standard InChI is InChI=1S/C20H16N2O4S/c1-12-16(19(24)25-2)17(13-7-4-3-5-8-13)22-18(23)15(27-20(22)21-12)11-14-9-6-10-26-14/h3-11,17H,1-2H3/b15-11+/t17-/m1/s1. The van der Waals surface area contributed by atoms with Crippen LogP contribution >= 0.6 is 11.3 Å². The number of hydrogen-bond acceptors (Lipinski definition) is 6. The second-order valence-electron chi connectivity index (χ2n) is 6.00. The normalized spacial score (nSPS) is 16.8. The lowest BCUT2D eigenvalue weighted by atomic mass is 9.96. The highest BCUT2D eigenvalue weighted by molar-refractivity contribution is 7.07. The predicted octanol–water partition coefficient (Wildman–Crippen LogP) is 2.00. The molecule has 1 atom stereocenters. The molecule has 0 N–H and O–H groups in total. The molecule has 0 saturated heterocycles. The van der Waals surface area contributed by atoms with E-state index in [1.165, 1.54) is 18.4 Å². The van der Waals surface area contributed by atoms with Gasteiger partial charge in [-0.2, -0.15) is 0 Å². The number of nitrogens with zero attached hydrogens (tertiary/aromatic N) is 2. The molecule has 136 valence electrons. The molecule has 0 spiro atoms. The van der Waals surface area contributed by atoms with Crippen molar-refractivity contribution in [3.63, 3.8) is 0 Å². The molecular weight excluding hydrogens is 364 g/mol. The van der Waals surface area contributed by atoms with Crippen LogP contribution in [-0.4, -0.2) is 17.6 Å². The number of esters is 1. The van der Waals surface area contributed by atoms with E-state index in [0.717, 1.165) is 5.56 Å². The molecule has 0 fully saturated rings. The number of fused-ring (bicyclic) bond motifs is 1. The van der Waals surface area contributed by atoms with Crippen molar-refractivity contribution in [3.05, 3.63) is 91.0 Å². The van der Waals surface area contributed by atoms with Crippen LogP contribution in [0.5, 0.6) is 0 Å². The van der Waals surface area contributed by atoms with E-state index >= 15 is 0 Å². The summed E-state index contributed by atoms with van der Waals surface area (Å²) in [6.07, 6.45) is 3.23. The maximum absolute atomic E-state index is 13.2. The monoisotopic (exact) mass is 380 g/mol. The van der Waals surface area contributed by atoms with Crippen LogP contribution in [0.3, 0.4) is 0 Å². The third-order valence-corrected chi connectivity index (χ3v) is 5.34. The first kappa shape index (κ1) is 17.2. The van der Waals surface area contributed by atoms with Crippen LogP contribution in [0.1, 0.15) is 24.3 Å². The average molecular weight is 380 g/mol. The zero-order valence-corrected chi connectivity index (χ0v) is 15.5. The SMILES string of the molecule is COC(=O)C1=C(C)N=c2s/c(=C/c3ccco3)c(=O)n2[C@@H]1c1ccccc1. The van der Waals surface area contributed by atoms with E-state index in [9.17, 15) is 9.59 Å². The predicted molar refractivity (Wildman–Crippen MR) is 101 cm³/mol. The lowest BCUT2D eigenvalue weighted by Gasteiger charge is -2.24. The Balaban J connectivity index is 2.00. The van der Waals surface area contributed by atoms with E-state index in [1.807, 2.05) is 30.3 Å². The molecule has 0 aliphatic carbocycles. The molecule has 2 aromatic heterocycles. The van der Waals surface area contributed by atoms with Crippen LogP contribution in [0, 0.1) is 0 Å². The molecule has 6 nitrogen and oxygen atoms in total. The third kappa shape index (κ3) is 2.96. The number of furan rings is 1. The maximum Gasteiger partial charge on any atom is 0.338 e. The summed E-state index contributed by atoms with van der Waals surface area (Å²) in [4.78, 5) is 30.7. The topological polar surface area (TPSA) is 73.8 Å². The van der Waals surface area contributed by atoms with Gasteiger partial charge in [-0.15, -0.1) is 0 Å². The number of methoxy groups -OCH3 is 1. The molecule has 1 aromatic carbocycles. The van der Waals surface area contributed by atoms with Gasteiger partial charge in [0.2, 0.25) is 0 Å². The molecule has 0 unspecified atom stereocenters. The van der Waals surface area contributed by atoms with Gasteiger partial charge >= 0.3 is 5.97 Å². The summed E-state index contributed by atoms with van der Waals surface area (Å²) in [5, 5.41) is 0. The number of ether oxygens (including phenoxy) is 1. The van der Waals surface area contributed by atoms with Gasteiger partial charge in [-0.1, -0.05) is 41.7 Å². The highest BCUT2D eigenvalue weighted by Crippen LogP contribution is 2.30. The first-order valence-corrected chi connectivity index (χ1v) is 9.11. The van der Waals surface area contributed by atoms with Gasteiger partial charge in [0.15, 0.2) is 4.80 Å². The minimum atomic E-state index is -0.589. The summed E-state index contributed by atoms with van der Waals surface area (Å²) in [6, 6.07) is 12.3. The fraction of sp³-hybridized carbons (Fsp3) is 0.150. The smallest absolute Gasteiger partial charge is 0.338 e. The number of thiazole rings is 1. The summed E-state index contributed by atoms with van der Waals surface area (Å²) in [5.41, 5.74) is 1.50. The van der Waals surface area contributed by atoms with Crippen LogP contribution in [0.2, 0.25) is 0 Å². The summed E-state index contributed by atoms with van der Waals surface area (Å²) in [6.45, 7) is 1.76. The molecule has 0 amide bonds. The summed E-state index contributed by atoms with van der Waals surface area (Å²) in [5.74, 6) is 0.0887. The van der Waals surface area contributed by atoms with Gasteiger partial charge in [0, 0.05) is 6.08 Å². The Morgan fingerprint density at radius 2 is 2.04 bits per heavy atom. The molecule has 1 aliphatic rings. The van der Waals surface area contributed by atoms with Crippen LogP contribution < -0.4 is 14.9 Å². The lowest BCUT2D eigenvalue weighted by molar-refractivity contribution is -0.136. The Bertz CT molecular complexity index is 1200. The van der Waals surface area contributed by atoms with E-state index in [0.29, 0.717) is 26.4 Å². The van der Waals surface area contributed by atoms with Crippen molar-refractivity contribution in [2.24, 2.45) is 4.99 Å². The Hall–Kier alpha value is -3.19. The lowest BCUT2D eigenvalue weighted by Crippen LogP contribution is -2.39. The van der Waals surface area contributed by atoms with Crippen molar-refractivity contribution in [2.75, 3.05) is 7.11 Å². The zero-order chi connectivity index (χ0) is 19.0. The van der Waals surface area contributed by atoms with E-state index in [4.69, 9.17) is 9.15 Å². The van der Waals surface area contributed by atoms with E-state index in [-0.39, 0.29) is 5.56 Å². The minimum absolute atomic E-state index is 0.224. The van der Waals surface area contributed by atoms with Gasteiger partial charge in [-0.25, -0.2) is 9.79 Å². The maximum atomic E-state index is 13.2. The second-order valence-corrected chi connectivity index (χ2v) is 7.01. The van der Waals surface area contributed by atoms with Crippen LogP contribution in [0.4, 0.5) is 0 Å². The Morgan fingerprint density at radius 1 is 1.26 bits per heavy atom. The molecule has 1 aliphatic heterocycles. The first-order valence-electron chi connectivity index (χ1n) is 8.29. The van der Waals surface area contributed by atoms with Crippen molar-refractivity contribution in [2.45, 2.75) is 13.0 Å². The van der Waals surface area contributed by atoms with Gasteiger partial charge in [-0.3, -0.25) is 9.36 Å². The molecule has 0 radical (unpaired) electrons. The molecule has 4 rings (SSSR count). The molecule has 0 saturated carbocycles. The fourth-order valence-electron chi connectivity index (χ4n) is 3.15. The Morgan fingerprint density at radius 3 is 2.70 bits per heavy atom. The van der Waals surface area contributed by atoms with E-state index < -0.39 is 12.0 Å². The average Bonchev–Trinajstić information content (AvgIpc) is 3.29. The van der Waals surface area contributed by atoms with Gasteiger partial charge in [0.05, 0.1) is 35.2 Å². The van der Waals surface area contributed by atoms with Gasteiger partial charge in [0.1, 0.15) is 5.76 Å². The van der Waals surface area contributed by atoms with Crippen molar-refractivity contribution in [3.8, 4) is 0 Å². The second kappa shape index (κ2) is 6.85. The zero-order valence-electron chi connectivity index (χ0n) is 14.7. The van der Waals surface area contributed by atoms with Gasteiger partial charge in [-0.05, 0) is 24.6 Å². The van der Waals surface area contributed by atoms with Crippen molar-refractivity contribution in [1.82, 2.24) is 4.57 Å². The highest BCUT2D eigenvalue weighted by atomic mass is 32.1. The Labute approximate surface area is 158 Å². The summed E-state index contributed by atoms with van der Waals surface area (Å²) in [7, 11) is 1.33. The van der Waals surface area contributed by atoms with Gasteiger partial charge in [0.25, 0.3) is 5.56 Å². The molecule has 7 heteroatoms. The summed E-state index contributed by atoms with van der Waals surface area (Å²) < 4.78 is 12.3. The van der Waals surface area contributed by atoms with Crippen LogP contribution in [0.25, 0.3) is 6.08 Å². The van der Waals surface area contributed by atoms with E-state index in [1.54, 1.807) is 36.0 Å². The Kier molecular flexibility index (Phi) is 4.37. The van der Waals surface area contributed by atoms with Crippen LogP contribution in [0.15, 0.2) is 74.2 Å². The number of allylic oxidation sites excluding steroid dienone is 1.